The van der Waals surface area contributed by atoms with Gasteiger partial charge in [0.2, 0.25) is 6.41 Å². The average Bonchev–Trinajstić information content (AvgIpc) is 2.55. The first-order valence-electron chi connectivity index (χ1n) is 6.89. The predicted molar refractivity (Wildman–Crippen MR) is 84.3 cm³/mol. The van der Waals surface area contributed by atoms with Crippen LogP contribution in [0.4, 0.5) is 0 Å². The molecule has 0 bridgehead atoms. The minimum atomic E-state index is -3.58. The highest BCUT2D eigenvalue weighted by atomic mass is 32.2. The van der Waals surface area contributed by atoms with Gasteiger partial charge in [-0.05, 0) is 43.3 Å². The molecule has 122 valence electrons. The molecule has 7 heteroatoms. The van der Waals surface area contributed by atoms with E-state index in [0.29, 0.717) is 16.6 Å². The number of sulfone groups is 1. The molecule has 0 atom stereocenters. The summed E-state index contributed by atoms with van der Waals surface area (Å²) in [4.78, 5) is 10.4. The minimum absolute atomic E-state index is 0.105. The van der Waals surface area contributed by atoms with Crippen LogP contribution < -0.4 is 4.74 Å². The Labute approximate surface area is 134 Å². The molecule has 1 N–H and O–H groups in total. The molecule has 1 amide bonds. The maximum Gasteiger partial charge on any atom is 0.233 e. The summed E-state index contributed by atoms with van der Waals surface area (Å²) < 4.78 is 29.8. The van der Waals surface area contributed by atoms with E-state index in [1.54, 1.807) is 12.1 Å². The lowest BCUT2D eigenvalue weighted by Gasteiger charge is -2.10. The van der Waals surface area contributed by atoms with Crippen molar-refractivity contribution in [2.45, 2.75) is 11.8 Å². The maximum absolute atomic E-state index is 12.1. The number of carbonyl (C=O) groups excluding carboxylic acids is 1. The molecule has 0 spiro atoms. The molecule has 0 aliphatic heterocycles. The Hall–Kier alpha value is -2.38. The van der Waals surface area contributed by atoms with Gasteiger partial charge in [-0.1, -0.05) is 17.7 Å². The minimum Gasteiger partial charge on any atom is -0.457 e. The van der Waals surface area contributed by atoms with E-state index >= 15 is 0 Å². The number of ether oxygens (including phenoxy) is 1. The van der Waals surface area contributed by atoms with Gasteiger partial charge in [-0.2, -0.15) is 0 Å². The third-order valence-electron chi connectivity index (χ3n) is 3.15. The van der Waals surface area contributed by atoms with Crippen LogP contribution in [-0.2, 0) is 14.6 Å². The molecule has 2 aromatic carbocycles. The molecular weight excluding hydrogens is 318 g/mol. The van der Waals surface area contributed by atoms with E-state index in [1.807, 2.05) is 31.2 Å². The molecule has 0 aromatic heterocycles. The predicted octanol–water partition coefficient (Wildman–Crippen LogP) is 2.41. The van der Waals surface area contributed by atoms with E-state index in [2.05, 4.69) is 0 Å². The fraction of sp³-hybridized carbons (Fsp3) is 0.188. The van der Waals surface area contributed by atoms with Crippen LogP contribution in [0.1, 0.15) is 5.56 Å². The molecule has 0 fully saturated rings. The molecule has 0 saturated carbocycles. The highest BCUT2D eigenvalue weighted by Gasteiger charge is 2.15. The number of carbonyl (C=O) groups is 1. The molecule has 2 rings (SSSR count). The summed E-state index contributed by atoms with van der Waals surface area (Å²) >= 11 is 0. The van der Waals surface area contributed by atoms with Gasteiger partial charge < -0.3 is 4.74 Å². The van der Waals surface area contributed by atoms with Crippen molar-refractivity contribution in [1.29, 1.82) is 0 Å². The zero-order valence-corrected chi connectivity index (χ0v) is 13.4. The average molecular weight is 335 g/mol. The van der Waals surface area contributed by atoms with Crippen LogP contribution in [-0.4, -0.2) is 37.4 Å². The van der Waals surface area contributed by atoms with Crippen LogP contribution in [0.5, 0.6) is 11.5 Å². The highest BCUT2D eigenvalue weighted by molar-refractivity contribution is 7.91. The molecule has 6 nitrogen and oxygen atoms in total. The van der Waals surface area contributed by atoms with Gasteiger partial charge in [0.25, 0.3) is 0 Å². The van der Waals surface area contributed by atoms with E-state index in [1.165, 1.54) is 12.1 Å². The van der Waals surface area contributed by atoms with Crippen molar-refractivity contribution in [3.05, 3.63) is 54.1 Å². The lowest BCUT2D eigenvalue weighted by atomic mass is 10.2. The van der Waals surface area contributed by atoms with Gasteiger partial charge in [-0.25, -0.2) is 13.5 Å². The van der Waals surface area contributed by atoms with Crippen LogP contribution >= 0.6 is 0 Å². The smallest absolute Gasteiger partial charge is 0.233 e. The fourth-order valence-electron chi connectivity index (χ4n) is 1.84. The van der Waals surface area contributed by atoms with Crippen LogP contribution in [0.2, 0.25) is 0 Å². The van der Waals surface area contributed by atoms with Crippen molar-refractivity contribution >= 4 is 16.2 Å². The zero-order valence-electron chi connectivity index (χ0n) is 12.5. The second-order valence-corrected chi connectivity index (χ2v) is 7.08. The fourth-order valence-corrected chi connectivity index (χ4v) is 3.06. The van der Waals surface area contributed by atoms with Crippen molar-refractivity contribution < 1.29 is 23.2 Å². The number of amides is 1. The molecule has 0 aliphatic rings. The molecule has 0 heterocycles. The Kier molecular flexibility index (Phi) is 5.36. The van der Waals surface area contributed by atoms with Crippen LogP contribution in [0, 0.1) is 6.92 Å². The number of aryl methyl sites for hydroxylation is 1. The van der Waals surface area contributed by atoms with Crippen LogP contribution in [0.15, 0.2) is 53.4 Å². The Morgan fingerprint density at radius 1 is 1.04 bits per heavy atom. The maximum atomic E-state index is 12.1. The zero-order chi connectivity index (χ0) is 16.9. The van der Waals surface area contributed by atoms with Crippen molar-refractivity contribution in [2.24, 2.45) is 0 Å². The summed E-state index contributed by atoms with van der Waals surface area (Å²) in [5.74, 6) is 0.818. The van der Waals surface area contributed by atoms with Gasteiger partial charge >= 0.3 is 0 Å². The first-order chi connectivity index (χ1) is 10.9. The SMILES string of the molecule is Cc1ccc(Oc2ccc(S(=O)(=O)CCN(O)C=O)cc2)cc1. The van der Waals surface area contributed by atoms with E-state index < -0.39 is 9.84 Å². The Bertz CT molecular complexity index is 754. The summed E-state index contributed by atoms with van der Waals surface area (Å²) in [7, 11) is -3.58. The molecule has 0 saturated heterocycles. The molecule has 23 heavy (non-hydrogen) atoms. The van der Waals surface area contributed by atoms with Gasteiger partial charge in [0.1, 0.15) is 11.5 Å². The van der Waals surface area contributed by atoms with E-state index in [0.717, 1.165) is 5.56 Å². The molecule has 2 aromatic rings. The lowest BCUT2D eigenvalue weighted by molar-refractivity contribution is -0.148. The Balaban J connectivity index is 2.06. The van der Waals surface area contributed by atoms with Gasteiger partial charge in [-0.15, -0.1) is 0 Å². The highest BCUT2D eigenvalue weighted by Crippen LogP contribution is 2.23. The number of benzene rings is 2. The third kappa shape index (κ3) is 4.80. The number of rotatable bonds is 7. The van der Waals surface area contributed by atoms with Crippen molar-refractivity contribution in [1.82, 2.24) is 5.06 Å². The standard InChI is InChI=1S/C16H17NO5S/c1-13-2-4-14(5-3-13)22-15-6-8-16(9-7-15)23(20,21)11-10-17(19)12-18/h2-9,12,19H,10-11H2,1H3. The molecular formula is C16H17NO5S. The van der Waals surface area contributed by atoms with Gasteiger partial charge in [0.05, 0.1) is 17.2 Å². The normalized spacial score (nSPS) is 11.0. The third-order valence-corrected chi connectivity index (χ3v) is 4.86. The molecule has 0 unspecified atom stereocenters. The van der Waals surface area contributed by atoms with Gasteiger partial charge in [0.15, 0.2) is 9.84 Å². The van der Waals surface area contributed by atoms with E-state index in [9.17, 15) is 13.2 Å². The first-order valence-corrected chi connectivity index (χ1v) is 8.54. The largest absolute Gasteiger partial charge is 0.457 e. The molecule has 0 aliphatic carbocycles. The summed E-state index contributed by atoms with van der Waals surface area (Å²) in [5.41, 5.74) is 1.12. The molecule has 0 radical (unpaired) electrons. The topological polar surface area (TPSA) is 83.9 Å². The van der Waals surface area contributed by atoms with E-state index in [-0.39, 0.29) is 23.6 Å². The second kappa shape index (κ2) is 7.26. The van der Waals surface area contributed by atoms with Crippen molar-refractivity contribution in [2.75, 3.05) is 12.3 Å². The lowest BCUT2D eigenvalue weighted by Crippen LogP contribution is -2.24. The summed E-state index contributed by atoms with van der Waals surface area (Å²) in [5, 5.41) is 9.27. The van der Waals surface area contributed by atoms with Gasteiger partial charge in [0, 0.05) is 0 Å². The van der Waals surface area contributed by atoms with Crippen molar-refractivity contribution in [3.63, 3.8) is 0 Å². The monoisotopic (exact) mass is 335 g/mol. The summed E-state index contributed by atoms with van der Waals surface area (Å²) in [6.45, 7) is 1.69. The quantitative estimate of drug-likeness (QED) is 0.477. The van der Waals surface area contributed by atoms with Gasteiger partial charge in [-0.3, -0.25) is 10.0 Å². The summed E-state index contributed by atoms with van der Waals surface area (Å²) in [6.07, 6.45) is 0.161. The first kappa shape index (κ1) is 17.0. The number of hydroxylamine groups is 2. The number of nitrogens with zero attached hydrogens (tertiary/aromatic N) is 1. The van der Waals surface area contributed by atoms with E-state index in [4.69, 9.17) is 9.94 Å². The van der Waals surface area contributed by atoms with Crippen molar-refractivity contribution in [3.8, 4) is 11.5 Å². The Morgan fingerprint density at radius 3 is 2.09 bits per heavy atom. The second-order valence-electron chi connectivity index (χ2n) is 4.97. The summed E-state index contributed by atoms with van der Waals surface area (Å²) in [6, 6.07) is 13.5. The Morgan fingerprint density at radius 2 is 1.57 bits per heavy atom. The number of hydrogen-bond acceptors (Lipinski definition) is 5. The van der Waals surface area contributed by atoms with Crippen LogP contribution in [0.3, 0.4) is 0 Å². The van der Waals surface area contributed by atoms with Crippen LogP contribution in [0.25, 0.3) is 0 Å². The number of hydrogen-bond donors (Lipinski definition) is 1.